The van der Waals surface area contributed by atoms with E-state index in [9.17, 15) is 9.59 Å². The number of nitrogens with two attached hydrogens (primary N) is 1. The molecule has 9 heteroatoms. The molecule has 2 N–H and O–H groups in total. The fourth-order valence-electron chi connectivity index (χ4n) is 2.99. The molecule has 1 aliphatic rings. The van der Waals surface area contributed by atoms with Gasteiger partial charge in [-0.25, -0.2) is 9.79 Å². The second-order valence-corrected chi connectivity index (χ2v) is 7.07. The van der Waals surface area contributed by atoms with Crippen molar-refractivity contribution in [3.63, 3.8) is 0 Å². The van der Waals surface area contributed by atoms with Gasteiger partial charge >= 0.3 is 5.97 Å². The van der Waals surface area contributed by atoms with Crippen molar-refractivity contribution < 1.29 is 33.3 Å². The Morgan fingerprint density at radius 1 is 1.09 bits per heavy atom. The van der Waals surface area contributed by atoms with Crippen LogP contribution in [0.4, 0.5) is 0 Å². The standard InChI is InChI=1S/C24H26N2O7/c1-4-5-10-31-17-8-6-16(7-9-17)23-26-18(24(28)33-23)11-15-12-19(29-2)22(20(13-15)30-3)32-14-21(25)27/h6-9,11-13H,4-5,10,14H2,1-3H3,(H2,25,27)/b18-11+. The van der Waals surface area contributed by atoms with Crippen LogP contribution < -0.4 is 24.7 Å². The van der Waals surface area contributed by atoms with Crippen LogP contribution in [0, 0.1) is 0 Å². The maximum Gasteiger partial charge on any atom is 0.363 e. The number of amides is 1. The zero-order chi connectivity index (χ0) is 23.8. The third kappa shape index (κ3) is 6.03. The summed E-state index contributed by atoms with van der Waals surface area (Å²) in [5, 5.41) is 0. The molecule has 0 spiro atoms. The SMILES string of the molecule is CCCCOc1ccc(C2=N/C(=C/c3cc(OC)c(OCC(N)=O)c(OC)c3)C(=O)O2)cc1. The molecular formula is C24H26N2O7. The molecule has 0 fully saturated rings. The van der Waals surface area contributed by atoms with Gasteiger partial charge in [0, 0.05) is 5.56 Å². The molecule has 1 heterocycles. The monoisotopic (exact) mass is 454 g/mol. The molecule has 3 rings (SSSR count). The smallest absolute Gasteiger partial charge is 0.363 e. The zero-order valence-corrected chi connectivity index (χ0v) is 18.8. The summed E-state index contributed by atoms with van der Waals surface area (Å²) in [5.74, 6) is 0.549. The number of aliphatic imine (C=N–C) groups is 1. The molecule has 174 valence electrons. The summed E-state index contributed by atoms with van der Waals surface area (Å²) in [4.78, 5) is 27.8. The first-order valence-electron chi connectivity index (χ1n) is 10.4. The van der Waals surface area contributed by atoms with Crippen LogP contribution in [0.25, 0.3) is 6.08 Å². The molecule has 1 aliphatic heterocycles. The Balaban J connectivity index is 1.84. The fourth-order valence-corrected chi connectivity index (χ4v) is 2.99. The van der Waals surface area contributed by atoms with Crippen LogP contribution in [0.1, 0.15) is 30.9 Å². The number of rotatable bonds is 11. The molecule has 0 saturated carbocycles. The van der Waals surface area contributed by atoms with Crippen molar-refractivity contribution in [1.82, 2.24) is 0 Å². The number of hydrogen-bond acceptors (Lipinski definition) is 8. The number of carbonyl (C=O) groups excluding carboxylic acids is 2. The molecular weight excluding hydrogens is 428 g/mol. The van der Waals surface area contributed by atoms with E-state index in [0.717, 1.165) is 18.6 Å². The highest BCUT2D eigenvalue weighted by molar-refractivity contribution is 6.12. The van der Waals surface area contributed by atoms with Gasteiger partial charge in [0.1, 0.15) is 5.75 Å². The summed E-state index contributed by atoms with van der Waals surface area (Å²) in [5.41, 5.74) is 6.47. The van der Waals surface area contributed by atoms with Crippen molar-refractivity contribution in [3.05, 3.63) is 53.2 Å². The summed E-state index contributed by atoms with van der Waals surface area (Å²) >= 11 is 0. The molecule has 0 unspecified atom stereocenters. The van der Waals surface area contributed by atoms with E-state index < -0.39 is 11.9 Å². The van der Waals surface area contributed by atoms with Gasteiger partial charge in [0.2, 0.25) is 11.6 Å². The van der Waals surface area contributed by atoms with Crippen molar-refractivity contribution in [2.45, 2.75) is 19.8 Å². The van der Waals surface area contributed by atoms with Crippen molar-refractivity contribution in [2.24, 2.45) is 10.7 Å². The Bertz CT molecular complexity index is 1050. The molecule has 9 nitrogen and oxygen atoms in total. The number of esters is 1. The molecule has 0 bridgehead atoms. The highest BCUT2D eigenvalue weighted by Crippen LogP contribution is 2.39. The van der Waals surface area contributed by atoms with Crippen molar-refractivity contribution in [3.8, 4) is 23.0 Å². The maximum absolute atomic E-state index is 12.4. The third-order valence-electron chi connectivity index (χ3n) is 4.63. The first kappa shape index (κ1) is 23.6. The van der Waals surface area contributed by atoms with E-state index in [-0.39, 0.29) is 24.0 Å². The second-order valence-electron chi connectivity index (χ2n) is 7.07. The number of unbranched alkanes of at least 4 members (excludes halogenated alkanes) is 1. The summed E-state index contributed by atoms with van der Waals surface area (Å²) in [6.07, 6.45) is 3.58. The lowest BCUT2D eigenvalue weighted by Crippen LogP contribution is -2.20. The van der Waals surface area contributed by atoms with Gasteiger partial charge in [0.15, 0.2) is 23.8 Å². The van der Waals surface area contributed by atoms with E-state index in [4.69, 9.17) is 29.4 Å². The summed E-state index contributed by atoms with van der Waals surface area (Å²) in [7, 11) is 2.89. The van der Waals surface area contributed by atoms with E-state index in [1.807, 2.05) is 12.1 Å². The summed E-state index contributed by atoms with van der Waals surface area (Å²) in [6.45, 7) is 2.41. The second kappa shape index (κ2) is 11.0. The normalized spacial score (nSPS) is 14.0. The van der Waals surface area contributed by atoms with Crippen molar-refractivity contribution in [1.29, 1.82) is 0 Å². The predicted octanol–water partition coefficient (Wildman–Crippen LogP) is 3.09. The topological polar surface area (TPSA) is 119 Å². The molecule has 33 heavy (non-hydrogen) atoms. The molecule has 0 aliphatic carbocycles. The number of ether oxygens (including phenoxy) is 5. The summed E-state index contributed by atoms with van der Waals surface area (Å²) < 4.78 is 27.1. The number of carbonyl (C=O) groups is 2. The van der Waals surface area contributed by atoms with Crippen LogP contribution in [-0.4, -0.2) is 45.2 Å². The van der Waals surface area contributed by atoms with E-state index in [0.29, 0.717) is 29.2 Å². The average molecular weight is 454 g/mol. The van der Waals surface area contributed by atoms with Crippen LogP contribution in [-0.2, 0) is 14.3 Å². The Hall–Kier alpha value is -4.01. The minimum Gasteiger partial charge on any atom is -0.494 e. The highest BCUT2D eigenvalue weighted by Gasteiger charge is 2.25. The zero-order valence-electron chi connectivity index (χ0n) is 18.8. The van der Waals surface area contributed by atoms with Crippen LogP contribution in [0.5, 0.6) is 23.0 Å². The molecule has 2 aromatic rings. The van der Waals surface area contributed by atoms with Crippen LogP contribution in [0.2, 0.25) is 0 Å². The van der Waals surface area contributed by atoms with Gasteiger partial charge in [0.05, 0.1) is 20.8 Å². The fraction of sp³-hybridized carbons (Fsp3) is 0.292. The lowest BCUT2D eigenvalue weighted by atomic mass is 10.1. The van der Waals surface area contributed by atoms with Crippen molar-refractivity contribution in [2.75, 3.05) is 27.4 Å². The van der Waals surface area contributed by atoms with Gasteiger partial charge in [-0.2, -0.15) is 0 Å². The number of hydrogen-bond donors (Lipinski definition) is 1. The molecule has 0 atom stereocenters. The molecule has 0 radical (unpaired) electrons. The van der Waals surface area contributed by atoms with E-state index in [1.165, 1.54) is 14.2 Å². The lowest BCUT2D eigenvalue weighted by molar-refractivity contribution is -0.130. The molecule has 0 aromatic heterocycles. The van der Waals surface area contributed by atoms with Crippen LogP contribution in [0.3, 0.4) is 0 Å². The quantitative estimate of drug-likeness (QED) is 0.315. The van der Waals surface area contributed by atoms with Gasteiger partial charge in [0.25, 0.3) is 5.91 Å². The van der Waals surface area contributed by atoms with Crippen LogP contribution >= 0.6 is 0 Å². The molecule has 0 saturated heterocycles. The molecule has 1 amide bonds. The Kier molecular flexibility index (Phi) is 7.91. The number of nitrogens with zero attached hydrogens (tertiary/aromatic N) is 1. The van der Waals surface area contributed by atoms with Gasteiger partial charge in [-0.05, 0) is 54.5 Å². The van der Waals surface area contributed by atoms with Gasteiger partial charge in [-0.15, -0.1) is 0 Å². The Labute approximate surface area is 191 Å². The van der Waals surface area contributed by atoms with Crippen LogP contribution in [0.15, 0.2) is 47.1 Å². The first-order chi connectivity index (χ1) is 15.9. The number of primary amides is 1. The first-order valence-corrected chi connectivity index (χ1v) is 10.4. The van der Waals surface area contributed by atoms with Crippen molar-refractivity contribution >= 4 is 23.9 Å². The third-order valence-corrected chi connectivity index (χ3v) is 4.63. The number of benzene rings is 2. The predicted molar refractivity (Wildman–Crippen MR) is 122 cm³/mol. The minimum absolute atomic E-state index is 0.114. The van der Waals surface area contributed by atoms with Gasteiger partial charge in [-0.3, -0.25) is 4.79 Å². The lowest BCUT2D eigenvalue weighted by Gasteiger charge is -2.14. The average Bonchev–Trinajstić information content (AvgIpc) is 3.18. The Morgan fingerprint density at radius 2 is 1.76 bits per heavy atom. The number of cyclic esters (lactones) is 1. The van der Waals surface area contributed by atoms with E-state index in [2.05, 4.69) is 11.9 Å². The van der Waals surface area contributed by atoms with E-state index in [1.54, 1.807) is 30.3 Å². The maximum atomic E-state index is 12.4. The Morgan fingerprint density at radius 3 is 2.33 bits per heavy atom. The van der Waals surface area contributed by atoms with Gasteiger partial charge in [-0.1, -0.05) is 13.3 Å². The van der Waals surface area contributed by atoms with Gasteiger partial charge < -0.3 is 29.4 Å². The van der Waals surface area contributed by atoms with E-state index >= 15 is 0 Å². The number of methoxy groups -OCH3 is 2. The highest BCUT2D eigenvalue weighted by atomic mass is 16.6. The largest absolute Gasteiger partial charge is 0.494 e. The minimum atomic E-state index is -0.638. The molecule has 2 aromatic carbocycles. The summed E-state index contributed by atoms with van der Waals surface area (Å²) in [6, 6.07) is 10.4.